The fraction of sp³-hybridized carbons (Fsp3) is 0.0333. The van der Waals surface area contributed by atoms with Gasteiger partial charge in [0.15, 0.2) is 5.17 Å². The topological polar surface area (TPSA) is 105 Å². The lowest BCUT2D eigenvalue weighted by Crippen LogP contribution is -2.31. The lowest BCUT2D eigenvalue weighted by atomic mass is 10.0. The van der Waals surface area contributed by atoms with Gasteiger partial charge in [0.1, 0.15) is 5.82 Å². The molecule has 7 nitrogen and oxygen atoms in total. The van der Waals surface area contributed by atoms with Crippen LogP contribution in [0.3, 0.4) is 0 Å². The van der Waals surface area contributed by atoms with Crippen LogP contribution < -0.4 is 10.0 Å². The Labute approximate surface area is 234 Å². The van der Waals surface area contributed by atoms with E-state index in [0.717, 1.165) is 41.0 Å². The molecule has 1 aliphatic rings. The Morgan fingerprint density at radius 1 is 0.850 bits per heavy atom. The molecule has 1 heterocycles. The van der Waals surface area contributed by atoms with Crippen molar-refractivity contribution in [1.29, 1.82) is 0 Å². The summed E-state index contributed by atoms with van der Waals surface area (Å²) in [6.07, 6.45) is 1.62. The summed E-state index contributed by atoms with van der Waals surface area (Å²) in [5.74, 6) is -1.64. The minimum absolute atomic E-state index is 0.176. The number of rotatable bonds is 7. The predicted molar refractivity (Wildman–Crippen MR) is 155 cm³/mol. The van der Waals surface area contributed by atoms with E-state index in [4.69, 9.17) is 0 Å². The van der Waals surface area contributed by atoms with Gasteiger partial charge in [0, 0.05) is 5.69 Å². The molecule has 4 aromatic rings. The van der Waals surface area contributed by atoms with Gasteiger partial charge in [0.2, 0.25) is 5.91 Å². The number of carbonyl (C=O) groups excluding carboxylic acids is 2. The standard InChI is InChI=1S/C30H22FN3O4S2/c31-24-12-16-26(17-13-24)40(37,38)34-28(35)19-21-8-14-25(15-9-21)32-30-33-29(36)27(39-30)18-20-6-10-23(11-7-20)22-4-2-1-3-5-22/h1-18H,19H2,(H,34,35)(H,32,33,36)/b27-18+. The van der Waals surface area contributed by atoms with Crippen LogP contribution >= 0.6 is 11.8 Å². The summed E-state index contributed by atoms with van der Waals surface area (Å²) in [6, 6.07) is 28.9. The zero-order valence-corrected chi connectivity index (χ0v) is 22.5. The number of nitrogens with zero attached hydrogens (tertiary/aromatic N) is 1. The Bertz CT molecular complexity index is 1720. The molecular weight excluding hydrogens is 549 g/mol. The fourth-order valence-corrected chi connectivity index (χ4v) is 5.71. The maximum Gasteiger partial charge on any atom is 0.286 e. The zero-order chi connectivity index (χ0) is 28.1. The van der Waals surface area contributed by atoms with Gasteiger partial charge in [-0.05, 0) is 76.5 Å². The van der Waals surface area contributed by atoms with Crippen molar-refractivity contribution < 1.29 is 22.4 Å². The quantitative estimate of drug-likeness (QED) is 0.279. The van der Waals surface area contributed by atoms with Crippen LogP contribution in [0.4, 0.5) is 10.1 Å². The van der Waals surface area contributed by atoms with Crippen LogP contribution in [0.1, 0.15) is 11.1 Å². The molecule has 0 aromatic heterocycles. The summed E-state index contributed by atoms with van der Waals surface area (Å²) < 4.78 is 39.7. The second-order valence-electron chi connectivity index (χ2n) is 8.80. The Morgan fingerprint density at radius 2 is 1.50 bits per heavy atom. The molecule has 0 saturated carbocycles. The molecule has 0 fully saturated rings. The molecule has 0 radical (unpaired) electrons. The summed E-state index contributed by atoms with van der Waals surface area (Å²) in [5, 5.41) is 3.51. The van der Waals surface area contributed by atoms with Gasteiger partial charge in [-0.15, -0.1) is 0 Å². The van der Waals surface area contributed by atoms with Crippen LogP contribution in [-0.2, 0) is 26.0 Å². The van der Waals surface area contributed by atoms with Crippen LogP contribution in [0.5, 0.6) is 0 Å². The van der Waals surface area contributed by atoms with Gasteiger partial charge in [-0.3, -0.25) is 9.59 Å². The molecule has 4 aromatic carbocycles. The van der Waals surface area contributed by atoms with E-state index in [9.17, 15) is 22.4 Å². The maximum atomic E-state index is 13.1. The lowest BCUT2D eigenvalue weighted by Gasteiger charge is -2.08. The van der Waals surface area contributed by atoms with Gasteiger partial charge in [0.05, 0.1) is 16.2 Å². The van der Waals surface area contributed by atoms with Gasteiger partial charge in [-0.1, -0.05) is 66.7 Å². The van der Waals surface area contributed by atoms with Gasteiger partial charge < -0.3 is 5.32 Å². The average molecular weight is 572 g/mol. The van der Waals surface area contributed by atoms with E-state index in [1.54, 1.807) is 30.3 Å². The molecule has 0 unspecified atom stereocenters. The molecule has 0 saturated heterocycles. The van der Waals surface area contributed by atoms with Crippen LogP contribution in [0.15, 0.2) is 118 Å². The number of benzene rings is 4. The van der Waals surface area contributed by atoms with E-state index < -0.39 is 21.7 Å². The highest BCUT2D eigenvalue weighted by Gasteiger charge is 2.22. The van der Waals surface area contributed by atoms with Crippen LogP contribution in [0.2, 0.25) is 0 Å². The zero-order valence-electron chi connectivity index (χ0n) is 20.9. The molecule has 1 aliphatic heterocycles. The van der Waals surface area contributed by atoms with E-state index in [-0.39, 0.29) is 17.2 Å². The van der Waals surface area contributed by atoms with Crippen molar-refractivity contribution in [3.8, 4) is 11.1 Å². The summed E-state index contributed by atoms with van der Waals surface area (Å²) >= 11 is 1.23. The minimum atomic E-state index is -4.10. The first-order valence-electron chi connectivity index (χ1n) is 12.1. The first kappa shape index (κ1) is 27.0. The Morgan fingerprint density at radius 3 is 2.17 bits per heavy atom. The number of thioether (sulfide) groups is 1. The number of aliphatic imine (C=N–C) groups is 1. The van der Waals surface area contributed by atoms with Crippen LogP contribution in [0.25, 0.3) is 17.2 Å². The van der Waals surface area contributed by atoms with Gasteiger partial charge in [-0.25, -0.2) is 17.5 Å². The van der Waals surface area contributed by atoms with E-state index in [0.29, 0.717) is 21.3 Å². The normalized spacial score (nSPS) is 14.2. The van der Waals surface area contributed by atoms with Crippen molar-refractivity contribution in [2.45, 2.75) is 11.3 Å². The van der Waals surface area contributed by atoms with Gasteiger partial charge >= 0.3 is 0 Å². The SMILES string of the molecule is O=C(Cc1ccc(NC2=NC(=O)/C(=C\c3ccc(-c4ccccc4)cc3)S2)cc1)NS(=O)(=O)c1ccc(F)cc1. The highest BCUT2D eigenvalue weighted by Crippen LogP contribution is 2.30. The molecule has 2 N–H and O–H groups in total. The second-order valence-corrected chi connectivity index (χ2v) is 11.5. The summed E-state index contributed by atoms with van der Waals surface area (Å²) in [7, 11) is -4.10. The fourth-order valence-electron chi connectivity index (χ4n) is 3.89. The third-order valence-corrected chi connectivity index (χ3v) is 8.17. The van der Waals surface area contributed by atoms with Crippen molar-refractivity contribution in [3.05, 3.63) is 125 Å². The van der Waals surface area contributed by atoms with E-state index in [1.165, 1.54) is 11.8 Å². The predicted octanol–water partition coefficient (Wildman–Crippen LogP) is 5.62. The van der Waals surface area contributed by atoms with E-state index in [2.05, 4.69) is 10.3 Å². The lowest BCUT2D eigenvalue weighted by molar-refractivity contribution is -0.118. The molecule has 200 valence electrons. The number of halogens is 1. The number of sulfonamides is 1. The number of amidine groups is 1. The smallest absolute Gasteiger partial charge is 0.286 e. The molecule has 0 aliphatic carbocycles. The largest absolute Gasteiger partial charge is 0.334 e. The molecule has 0 atom stereocenters. The third kappa shape index (κ3) is 6.71. The molecule has 40 heavy (non-hydrogen) atoms. The van der Waals surface area contributed by atoms with Crippen molar-refractivity contribution >= 4 is 50.5 Å². The Balaban J connectivity index is 1.16. The van der Waals surface area contributed by atoms with Crippen molar-refractivity contribution in [3.63, 3.8) is 0 Å². The number of hydrogen-bond acceptors (Lipinski definition) is 6. The summed E-state index contributed by atoms with van der Waals surface area (Å²) in [6.45, 7) is 0. The third-order valence-electron chi connectivity index (χ3n) is 5.88. The van der Waals surface area contributed by atoms with Crippen molar-refractivity contribution in [2.75, 3.05) is 5.32 Å². The van der Waals surface area contributed by atoms with Gasteiger partial charge in [0.25, 0.3) is 15.9 Å². The maximum absolute atomic E-state index is 13.1. The Kier molecular flexibility index (Phi) is 7.90. The summed E-state index contributed by atoms with van der Waals surface area (Å²) in [5.41, 5.74) is 4.31. The monoisotopic (exact) mass is 571 g/mol. The van der Waals surface area contributed by atoms with E-state index >= 15 is 0 Å². The van der Waals surface area contributed by atoms with Gasteiger partial charge in [-0.2, -0.15) is 4.99 Å². The molecule has 2 amide bonds. The van der Waals surface area contributed by atoms with Crippen molar-refractivity contribution in [2.24, 2.45) is 4.99 Å². The van der Waals surface area contributed by atoms with Crippen LogP contribution in [-0.4, -0.2) is 25.4 Å². The number of nitrogens with one attached hydrogen (secondary N) is 2. The first-order chi connectivity index (χ1) is 19.2. The number of amides is 2. The highest BCUT2D eigenvalue weighted by molar-refractivity contribution is 8.18. The first-order valence-corrected chi connectivity index (χ1v) is 14.4. The summed E-state index contributed by atoms with van der Waals surface area (Å²) in [4.78, 5) is 29.1. The Hall–Kier alpha value is -4.54. The van der Waals surface area contributed by atoms with Crippen molar-refractivity contribution in [1.82, 2.24) is 4.72 Å². The van der Waals surface area contributed by atoms with Crippen LogP contribution in [0, 0.1) is 5.82 Å². The minimum Gasteiger partial charge on any atom is -0.334 e. The highest BCUT2D eigenvalue weighted by atomic mass is 32.2. The second kappa shape index (κ2) is 11.7. The number of carbonyl (C=O) groups is 2. The molecule has 0 bridgehead atoms. The molecular formula is C30H22FN3O4S2. The van der Waals surface area contributed by atoms with E-state index in [1.807, 2.05) is 59.3 Å². The average Bonchev–Trinajstić information content (AvgIpc) is 3.28. The number of anilines is 1. The molecule has 0 spiro atoms. The number of hydrogen-bond donors (Lipinski definition) is 2. The molecule has 10 heteroatoms. The molecule has 5 rings (SSSR count).